The van der Waals surface area contributed by atoms with Crippen molar-refractivity contribution in [2.75, 3.05) is 0 Å². The standard InChI is InChI=1S/C17H25NO5/c1-9(4-10(2)17-11(3)23-17)14(20)8-13(19)5-12-6-15(21)18-16(22)7-12/h4,9,11-13,17,19H,5-8H2,1-3H3,(H,18,21,22)/b10-4+. The molecule has 2 amide bonds. The van der Waals surface area contributed by atoms with Crippen molar-refractivity contribution < 1.29 is 24.2 Å². The number of nitrogens with one attached hydrogen (secondary N) is 1. The minimum absolute atomic E-state index is 0.0400. The summed E-state index contributed by atoms with van der Waals surface area (Å²) in [6.45, 7) is 5.74. The van der Waals surface area contributed by atoms with Gasteiger partial charge >= 0.3 is 0 Å². The molecule has 2 N–H and O–H groups in total. The van der Waals surface area contributed by atoms with Crippen LogP contribution in [-0.4, -0.2) is 41.0 Å². The predicted octanol–water partition coefficient (Wildman–Crippen LogP) is 1.12. The van der Waals surface area contributed by atoms with Gasteiger partial charge in [0.25, 0.3) is 0 Å². The van der Waals surface area contributed by atoms with E-state index >= 15 is 0 Å². The van der Waals surface area contributed by atoms with E-state index in [1.54, 1.807) is 0 Å². The van der Waals surface area contributed by atoms with Gasteiger partial charge in [0, 0.05) is 25.2 Å². The Labute approximate surface area is 136 Å². The number of aliphatic hydroxyl groups is 1. The quantitative estimate of drug-likeness (QED) is 0.416. The lowest BCUT2D eigenvalue weighted by molar-refractivity contribution is -0.135. The Morgan fingerprint density at radius 1 is 1.39 bits per heavy atom. The Morgan fingerprint density at radius 2 is 1.96 bits per heavy atom. The van der Waals surface area contributed by atoms with Crippen molar-refractivity contribution >= 4 is 17.6 Å². The zero-order chi connectivity index (χ0) is 17.1. The van der Waals surface area contributed by atoms with E-state index in [2.05, 4.69) is 5.32 Å². The van der Waals surface area contributed by atoms with E-state index in [1.807, 2.05) is 26.8 Å². The Kier molecular flexibility index (Phi) is 5.70. The van der Waals surface area contributed by atoms with E-state index in [0.717, 1.165) is 5.57 Å². The number of amides is 2. The summed E-state index contributed by atoms with van der Waals surface area (Å²) >= 11 is 0. The van der Waals surface area contributed by atoms with Crippen molar-refractivity contribution in [2.45, 2.75) is 64.8 Å². The lowest BCUT2D eigenvalue weighted by atomic mass is 9.88. The summed E-state index contributed by atoms with van der Waals surface area (Å²) in [6, 6.07) is 0. The molecular formula is C17H25NO5. The zero-order valence-corrected chi connectivity index (χ0v) is 13.9. The van der Waals surface area contributed by atoms with Crippen molar-refractivity contribution in [1.82, 2.24) is 5.32 Å². The predicted molar refractivity (Wildman–Crippen MR) is 83.4 cm³/mol. The Bertz CT molecular complexity index is 511. The van der Waals surface area contributed by atoms with Gasteiger partial charge in [-0.2, -0.15) is 0 Å². The fraction of sp³-hybridized carbons (Fsp3) is 0.706. The van der Waals surface area contributed by atoms with Crippen LogP contribution >= 0.6 is 0 Å². The van der Waals surface area contributed by atoms with Crippen LogP contribution in [0.25, 0.3) is 0 Å². The van der Waals surface area contributed by atoms with Crippen LogP contribution in [0.15, 0.2) is 11.6 Å². The van der Waals surface area contributed by atoms with E-state index in [9.17, 15) is 19.5 Å². The molecule has 2 fully saturated rings. The summed E-state index contributed by atoms with van der Waals surface area (Å²) in [7, 11) is 0. The van der Waals surface area contributed by atoms with Gasteiger partial charge in [-0.15, -0.1) is 0 Å². The number of epoxide rings is 1. The second-order valence-electron chi connectivity index (χ2n) is 6.77. The molecule has 0 spiro atoms. The molecule has 0 radical (unpaired) electrons. The largest absolute Gasteiger partial charge is 0.393 e. The summed E-state index contributed by atoms with van der Waals surface area (Å²) in [5.74, 6) is -1.13. The van der Waals surface area contributed by atoms with Crippen LogP contribution < -0.4 is 5.32 Å². The lowest BCUT2D eigenvalue weighted by Gasteiger charge is -2.23. The van der Waals surface area contributed by atoms with Crippen LogP contribution in [0.3, 0.4) is 0 Å². The number of hydrogen-bond acceptors (Lipinski definition) is 5. The highest BCUT2D eigenvalue weighted by atomic mass is 16.6. The zero-order valence-electron chi connectivity index (χ0n) is 13.9. The second kappa shape index (κ2) is 7.36. The molecule has 128 valence electrons. The molecule has 0 aromatic rings. The lowest BCUT2D eigenvalue weighted by Crippen LogP contribution is -2.39. The molecule has 0 aromatic carbocycles. The van der Waals surface area contributed by atoms with Gasteiger partial charge in [-0.1, -0.05) is 13.0 Å². The number of allylic oxidation sites excluding steroid dienone is 1. The molecule has 6 heteroatoms. The summed E-state index contributed by atoms with van der Waals surface area (Å²) in [5, 5.41) is 12.3. The molecule has 2 heterocycles. The smallest absolute Gasteiger partial charge is 0.226 e. The SMILES string of the molecule is C/C(=C\C(C)C(=O)CC(O)CC1CC(=O)NC(=O)C1)C1OC1C. The van der Waals surface area contributed by atoms with E-state index in [1.165, 1.54) is 0 Å². The molecule has 2 rings (SSSR count). The molecule has 0 saturated carbocycles. The van der Waals surface area contributed by atoms with E-state index in [-0.39, 0.29) is 60.9 Å². The van der Waals surface area contributed by atoms with Gasteiger partial charge in [-0.3, -0.25) is 19.7 Å². The van der Waals surface area contributed by atoms with Crippen molar-refractivity contribution in [3.8, 4) is 0 Å². The van der Waals surface area contributed by atoms with Crippen molar-refractivity contribution in [1.29, 1.82) is 0 Å². The number of rotatable bonds is 7. The van der Waals surface area contributed by atoms with Crippen LogP contribution in [0, 0.1) is 11.8 Å². The van der Waals surface area contributed by atoms with Crippen LogP contribution in [-0.2, 0) is 19.1 Å². The highest BCUT2D eigenvalue weighted by Crippen LogP contribution is 2.29. The number of aliphatic hydroxyl groups excluding tert-OH is 1. The van der Waals surface area contributed by atoms with Crippen LogP contribution in [0.1, 0.15) is 46.5 Å². The molecule has 23 heavy (non-hydrogen) atoms. The van der Waals surface area contributed by atoms with Crippen LogP contribution in [0.4, 0.5) is 0 Å². The van der Waals surface area contributed by atoms with Gasteiger partial charge in [0.1, 0.15) is 11.9 Å². The summed E-state index contributed by atoms with van der Waals surface area (Å²) in [6.07, 6.45) is 2.18. The molecule has 4 atom stereocenters. The third-order valence-corrected chi connectivity index (χ3v) is 4.45. The first-order valence-corrected chi connectivity index (χ1v) is 8.13. The monoisotopic (exact) mass is 323 g/mol. The van der Waals surface area contributed by atoms with Crippen molar-refractivity contribution in [3.63, 3.8) is 0 Å². The maximum atomic E-state index is 12.2. The fourth-order valence-corrected chi connectivity index (χ4v) is 3.15. The first-order chi connectivity index (χ1) is 10.8. The average Bonchev–Trinajstić information content (AvgIpc) is 3.14. The first kappa shape index (κ1) is 17.8. The van der Waals surface area contributed by atoms with E-state index in [0.29, 0.717) is 6.42 Å². The first-order valence-electron chi connectivity index (χ1n) is 8.13. The average molecular weight is 323 g/mol. The fourth-order valence-electron chi connectivity index (χ4n) is 3.15. The molecule has 0 aromatic heterocycles. The van der Waals surface area contributed by atoms with Gasteiger partial charge in [-0.05, 0) is 31.8 Å². The molecule has 4 unspecified atom stereocenters. The minimum Gasteiger partial charge on any atom is -0.393 e. The molecule has 2 aliphatic heterocycles. The van der Waals surface area contributed by atoms with E-state index < -0.39 is 6.10 Å². The number of carbonyl (C=O) groups is 3. The highest BCUT2D eigenvalue weighted by Gasteiger charge is 2.35. The molecule has 2 saturated heterocycles. The van der Waals surface area contributed by atoms with Crippen LogP contribution in [0.2, 0.25) is 0 Å². The van der Waals surface area contributed by atoms with Crippen molar-refractivity contribution in [3.05, 3.63) is 11.6 Å². The Hall–Kier alpha value is -1.53. The number of imide groups is 1. The van der Waals surface area contributed by atoms with Gasteiger partial charge in [0.2, 0.25) is 11.8 Å². The summed E-state index contributed by atoms with van der Waals surface area (Å²) < 4.78 is 5.36. The number of piperidine rings is 1. The molecular weight excluding hydrogens is 298 g/mol. The van der Waals surface area contributed by atoms with Gasteiger partial charge in [0.05, 0.1) is 12.2 Å². The maximum absolute atomic E-state index is 12.2. The van der Waals surface area contributed by atoms with Gasteiger partial charge < -0.3 is 9.84 Å². The number of Topliss-reactive ketones (excluding diaryl/α,β-unsaturated/α-hetero) is 1. The summed E-state index contributed by atoms with van der Waals surface area (Å²) in [4.78, 5) is 34.8. The van der Waals surface area contributed by atoms with Gasteiger partial charge in [0.15, 0.2) is 0 Å². The second-order valence-corrected chi connectivity index (χ2v) is 6.77. The molecule has 0 bridgehead atoms. The highest BCUT2D eigenvalue weighted by molar-refractivity contribution is 5.97. The molecule has 0 aliphatic carbocycles. The number of carbonyl (C=O) groups excluding carboxylic acids is 3. The van der Waals surface area contributed by atoms with Crippen LogP contribution in [0.5, 0.6) is 0 Å². The topological polar surface area (TPSA) is 96.0 Å². The molecule has 2 aliphatic rings. The number of ether oxygens (including phenoxy) is 1. The van der Waals surface area contributed by atoms with E-state index in [4.69, 9.17) is 4.74 Å². The van der Waals surface area contributed by atoms with Gasteiger partial charge in [-0.25, -0.2) is 0 Å². The Morgan fingerprint density at radius 3 is 2.48 bits per heavy atom. The third kappa shape index (κ3) is 5.25. The Balaban J connectivity index is 1.79. The summed E-state index contributed by atoms with van der Waals surface area (Å²) in [5.41, 5.74) is 1.04. The number of hydrogen-bond donors (Lipinski definition) is 2. The molecule has 6 nitrogen and oxygen atoms in total. The van der Waals surface area contributed by atoms with Crippen molar-refractivity contribution in [2.24, 2.45) is 11.8 Å². The third-order valence-electron chi connectivity index (χ3n) is 4.45. The number of ketones is 1. The minimum atomic E-state index is -0.821. The maximum Gasteiger partial charge on any atom is 0.226 e. The normalized spacial score (nSPS) is 28.3.